The highest BCUT2D eigenvalue weighted by atomic mass is 19.1. The minimum Gasteiger partial charge on any atom is -0.293 e. The third kappa shape index (κ3) is 1.76. The Morgan fingerprint density at radius 2 is 1.26 bits per heavy atom. The van der Waals surface area contributed by atoms with Crippen LogP contribution in [0.4, 0.5) is 8.78 Å². The van der Waals surface area contributed by atoms with Crippen molar-refractivity contribution in [2.24, 2.45) is 0 Å². The molecule has 19 heavy (non-hydrogen) atoms. The first kappa shape index (κ1) is 11.7. The lowest BCUT2D eigenvalue weighted by Gasteiger charge is -2.07. The standard InChI is InChI=1S/C15H8F2O2/c16-9-5-8(6-10(17)7-9)13-14(18)11-3-1-2-4-12(11)15(13)19/h1-7,13H. The Labute approximate surface area is 107 Å². The van der Waals surface area contributed by atoms with Gasteiger partial charge in [0.1, 0.15) is 17.6 Å². The largest absolute Gasteiger partial charge is 0.293 e. The van der Waals surface area contributed by atoms with Crippen LogP contribution in [0, 0.1) is 11.6 Å². The van der Waals surface area contributed by atoms with Crippen LogP contribution in [-0.2, 0) is 0 Å². The maximum absolute atomic E-state index is 13.2. The lowest BCUT2D eigenvalue weighted by atomic mass is 9.94. The third-order valence-corrected chi connectivity index (χ3v) is 3.20. The zero-order valence-corrected chi connectivity index (χ0v) is 9.69. The van der Waals surface area contributed by atoms with Crippen molar-refractivity contribution in [3.63, 3.8) is 0 Å². The van der Waals surface area contributed by atoms with Gasteiger partial charge in [0.25, 0.3) is 0 Å². The Hall–Kier alpha value is -2.36. The topological polar surface area (TPSA) is 34.1 Å². The highest BCUT2D eigenvalue weighted by Gasteiger charge is 2.39. The zero-order chi connectivity index (χ0) is 13.6. The van der Waals surface area contributed by atoms with Crippen LogP contribution < -0.4 is 0 Å². The van der Waals surface area contributed by atoms with Crippen molar-refractivity contribution in [1.29, 1.82) is 0 Å². The maximum atomic E-state index is 13.2. The van der Waals surface area contributed by atoms with Gasteiger partial charge < -0.3 is 0 Å². The lowest BCUT2D eigenvalue weighted by molar-refractivity contribution is 0.0890. The molecule has 0 radical (unpaired) electrons. The molecule has 0 bridgehead atoms. The van der Waals surface area contributed by atoms with E-state index in [9.17, 15) is 18.4 Å². The van der Waals surface area contributed by atoms with E-state index in [1.165, 1.54) is 0 Å². The van der Waals surface area contributed by atoms with Gasteiger partial charge in [0.05, 0.1) is 0 Å². The van der Waals surface area contributed by atoms with E-state index in [0.29, 0.717) is 17.2 Å². The number of carbonyl (C=O) groups excluding carboxylic acids is 2. The predicted octanol–water partition coefficient (Wildman–Crippen LogP) is 3.13. The first-order valence-electron chi connectivity index (χ1n) is 5.71. The van der Waals surface area contributed by atoms with Crippen molar-refractivity contribution < 1.29 is 18.4 Å². The monoisotopic (exact) mass is 258 g/mol. The molecule has 1 aliphatic carbocycles. The van der Waals surface area contributed by atoms with Gasteiger partial charge in [-0.1, -0.05) is 24.3 Å². The van der Waals surface area contributed by atoms with Crippen LogP contribution >= 0.6 is 0 Å². The van der Waals surface area contributed by atoms with Crippen molar-refractivity contribution in [2.75, 3.05) is 0 Å². The number of hydrogen-bond donors (Lipinski definition) is 0. The summed E-state index contributed by atoms with van der Waals surface area (Å²) in [5.41, 5.74) is 0.674. The maximum Gasteiger partial charge on any atom is 0.178 e. The van der Waals surface area contributed by atoms with Crippen molar-refractivity contribution in [1.82, 2.24) is 0 Å². The normalized spacial score (nSPS) is 14.8. The van der Waals surface area contributed by atoms with Gasteiger partial charge in [0, 0.05) is 17.2 Å². The molecule has 0 aliphatic heterocycles. The molecular weight excluding hydrogens is 250 g/mol. The molecule has 0 N–H and O–H groups in total. The van der Waals surface area contributed by atoms with Crippen LogP contribution in [0.2, 0.25) is 0 Å². The van der Waals surface area contributed by atoms with E-state index in [0.717, 1.165) is 12.1 Å². The van der Waals surface area contributed by atoms with E-state index in [2.05, 4.69) is 0 Å². The predicted molar refractivity (Wildman–Crippen MR) is 64.2 cm³/mol. The molecule has 0 atom stereocenters. The summed E-state index contributed by atoms with van der Waals surface area (Å²) >= 11 is 0. The number of Topliss-reactive ketones (excluding diaryl/α,β-unsaturated/α-hetero) is 2. The molecule has 0 saturated heterocycles. The first-order valence-corrected chi connectivity index (χ1v) is 5.71. The second kappa shape index (κ2) is 4.09. The van der Waals surface area contributed by atoms with E-state index >= 15 is 0 Å². The van der Waals surface area contributed by atoms with Crippen LogP contribution in [0.1, 0.15) is 32.2 Å². The molecule has 0 saturated carbocycles. The Morgan fingerprint density at radius 3 is 1.74 bits per heavy atom. The number of halogens is 2. The minimum atomic E-state index is -1.14. The number of ketones is 2. The molecule has 1 aliphatic rings. The minimum absolute atomic E-state index is 0.0590. The summed E-state index contributed by atoms with van der Waals surface area (Å²) in [6.45, 7) is 0. The Balaban J connectivity index is 2.14. The van der Waals surface area contributed by atoms with Crippen molar-refractivity contribution in [2.45, 2.75) is 5.92 Å². The highest BCUT2D eigenvalue weighted by molar-refractivity contribution is 6.29. The van der Waals surface area contributed by atoms with Crippen LogP contribution in [0.25, 0.3) is 0 Å². The van der Waals surface area contributed by atoms with Gasteiger partial charge in [-0.05, 0) is 17.7 Å². The molecule has 0 heterocycles. The van der Waals surface area contributed by atoms with Gasteiger partial charge >= 0.3 is 0 Å². The van der Waals surface area contributed by atoms with Crippen LogP contribution in [0.15, 0.2) is 42.5 Å². The summed E-state index contributed by atoms with van der Waals surface area (Å²) in [6, 6.07) is 9.15. The summed E-state index contributed by atoms with van der Waals surface area (Å²) < 4.78 is 26.4. The number of benzene rings is 2. The number of carbonyl (C=O) groups is 2. The molecule has 0 unspecified atom stereocenters. The zero-order valence-electron chi connectivity index (χ0n) is 9.69. The third-order valence-electron chi connectivity index (χ3n) is 3.20. The van der Waals surface area contributed by atoms with Crippen molar-refractivity contribution in [3.05, 3.63) is 70.8 Å². The molecule has 0 fully saturated rings. The summed E-state index contributed by atoms with van der Waals surface area (Å²) in [6.07, 6.45) is 0. The first-order chi connectivity index (χ1) is 9.08. The Morgan fingerprint density at radius 1 is 0.789 bits per heavy atom. The van der Waals surface area contributed by atoms with Gasteiger partial charge in [0.15, 0.2) is 11.6 Å². The van der Waals surface area contributed by atoms with Crippen LogP contribution in [0.5, 0.6) is 0 Å². The van der Waals surface area contributed by atoms with Crippen molar-refractivity contribution in [3.8, 4) is 0 Å². The molecule has 2 nitrogen and oxygen atoms in total. The Kier molecular flexibility index (Phi) is 2.52. The summed E-state index contributed by atoms with van der Waals surface area (Å²) in [5, 5.41) is 0. The fourth-order valence-corrected chi connectivity index (χ4v) is 2.39. The lowest BCUT2D eigenvalue weighted by Crippen LogP contribution is -2.13. The van der Waals surface area contributed by atoms with E-state index in [-0.39, 0.29) is 5.56 Å². The Bertz CT molecular complexity index is 652. The average molecular weight is 258 g/mol. The molecule has 94 valence electrons. The number of fused-ring (bicyclic) bond motifs is 1. The average Bonchev–Trinajstić information content (AvgIpc) is 2.61. The number of hydrogen-bond acceptors (Lipinski definition) is 2. The quantitative estimate of drug-likeness (QED) is 0.736. The van der Waals surface area contributed by atoms with Gasteiger partial charge in [-0.15, -0.1) is 0 Å². The molecule has 4 heteroatoms. The molecule has 0 amide bonds. The van der Waals surface area contributed by atoms with E-state index in [1.54, 1.807) is 24.3 Å². The summed E-state index contributed by atoms with van der Waals surface area (Å²) in [5.74, 6) is -3.56. The van der Waals surface area contributed by atoms with Gasteiger partial charge in [0.2, 0.25) is 0 Å². The van der Waals surface area contributed by atoms with Crippen LogP contribution in [-0.4, -0.2) is 11.6 Å². The second-order valence-corrected chi connectivity index (χ2v) is 4.41. The second-order valence-electron chi connectivity index (χ2n) is 4.41. The molecular formula is C15H8F2O2. The van der Waals surface area contributed by atoms with Crippen LogP contribution in [0.3, 0.4) is 0 Å². The smallest absolute Gasteiger partial charge is 0.178 e. The molecule has 2 aromatic carbocycles. The molecule has 0 spiro atoms. The molecule has 3 rings (SSSR count). The van der Waals surface area contributed by atoms with E-state index in [4.69, 9.17) is 0 Å². The van der Waals surface area contributed by atoms with Gasteiger partial charge in [-0.2, -0.15) is 0 Å². The summed E-state index contributed by atoms with van der Waals surface area (Å²) in [7, 11) is 0. The van der Waals surface area contributed by atoms with Gasteiger partial charge in [-0.3, -0.25) is 9.59 Å². The summed E-state index contributed by atoms with van der Waals surface area (Å²) in [4.78, 5) is 24.3. The number of rotatable bonds is 1. The SMILES string of the molecule is O=C1c2ccccc2C(=O)C1c1cc(F)cc(F)c1. The molecule has 2 aromatic rings. The van der Waals surface area contributed by atoms with Gasteiger partial charge in [-0.25, -0.2) is 8.78 Å². The fraction of sp³-hybridized carbons (Fsp3) is 0.0667. The highest BCUT2D eigenvalue weighted by Crippen LogP contribution is 2.34. The fourth-order valence-electron chi connectivity index (χ4n) is 2.39. The molecule has 0 aromatic heterocycles. The van der Waals surface area contributed by atoms with Crippen molar-refractivity contribution >= 4 is 11.6 Å². The van der Waals surface area contributed by atoms with E-state index in [1.807, 2.05) is 0 Å². The van der Waals surface area contributed by atoms with E-state index < -0.39 is 29.1 Å².